The number of alkyl halides is 3. The van der Waals surface area contributed by atoms with E-state index in [1.165, 1.54) is 16.7 Å². The van der Waals surface area contributed by atoms with E-state index in [0.29, 0.717) is 22.9 Å². The zero-order chi connectivity index (χ0) is 26.0. The summed E-state index contributed by atoms with van der Waals surface area (Å²) in [7, 11) is 0. The number of aliphatic hydroxyl groups is 1. The smallest absolute Gasteiger partial charge is 0.419 e. The predicted octanol–water partition coefficient (Wildman–Crippen LogP) is 4.17. The number of nitrogens with zero attached hydrogens (tertiary/aromatic N) is 3. The molecule has 8 nitrogen and oxygen atoms in total. The van der Waals surface area contributed by atoms with E-state index in [2.05, 4.69) is 10.1 Å². The van der Waals surface area contributed by atoms with E-state index >= 15 is 0 Å². The number of β-amino-alcohol motifs (C(OH)–C–C–N with tert-alkyl or cyclic N) is 1. The predicted molar refractivity (Wildman–Crippen MR) is 127 cm³/mol. The number of benzene rings is 2. The molecular weight excluding hydrogens is 522 g/mol. The monoisotopic (exact) mass is 544 g/mol. The minimum absolute atomic E-state index is 0.0312. The number of hydrogen-bond acceptors (Lipinski definition) is 5. The highest BCUT2D eigenvalue weighted by Crippen LogP contribution is 2.39. The molecule has 0 unspecified atom stereocenters. The summed E-state index contributed by atoms with van der Waals surface area (Å²) in [5.74, 6) is -0.291. The molecular formula is C23H23Cl2F3N5O3+. The van der Waals surface area contributed by atoms with Gasteiger partial charge in [0.1, 0.15) is 5.75 Å². The van der Waals surface area contributed by atoms with Crippen LogP contribution in [0.15, 0.2) is 40.9 Å². The summed E-state index contributed by atoms with van der Waals surface area (Å²) in [6, 6.07) is 8.16. The molecule has 1 fully saturated rings. The summed E-state index contributed by atoms with van der Waals surface area (Å²) in [5, 5.41) is 14.6. The van der Waals surface area contributed by atoms with Crippen LogP contribution in [-0.4, -0.2) is 45.0 Å². The van der Waals surface area contributed by atoms with Gasteiger partial charge in [-0.25, -0.2) is 0 Å². The number of rotatable bonds is 7. The Kier molecular flexibility index (Phi) is 7.62. The standard InChI is InChI=1S/C23H22Cl2F3N5O3/c24-16-5-3-12(8-17(16)25)2-1-7-35-19-6-4-13(9-15(19)23(26,27)28)20-31-21(36-32-20)18-10-14(34)11-33(18)22(29)30/h3-6,8-9,14,18,34H,1-2,7,10-11H2,(H3,29,30)/p+1/t14-,18+/m1/s1. The van der Waals surface area contributed by atoms with Gasteiger partial charge < -0.3 is 14.4 Å². The molecule has 1 aliphatic rings. The third kappa shape index (κ3) is 5.85. The lowest BCUT2D eigenvalue weighted by Crippen LogP contribution is -2.36. The van der Waals surface area contributed by atoms with Gasteiger partial charge in [0.15, 0.2) is 6.04 Å². The van der Waals surface area contributed by atoms with Crippen molar-refractivity contribution in [2.75, 3.05) is 13.2 Å². The Morgan fingerprint density at radius 1 is 1.17 bits per heavy atom. The SMILES string of the molecule is NC(N)=[N+]1C[C@H](O)C[C@H]1c1nc(-c2ccc(OCCCc3ccc(Cl)c(Cl)c3)c(C(F)(F)F)c2)no1. The molecule has 0 amide bonds. The first-order valence-electron chi connectivity index (χ1n) is 11.0. The second-order valence-corrected chi connectivity index (χ2v) is 9.16. The molecule has 2 atom stereocenters. The second kappa shape index (κ2) is 10.5. The van der Waals surface area contributed by atoms with Gasteiger partial charge in [0.2, 0.25) is 5.82 Å². The van der Waals surface area contributed by atoms with Crippen LogP contribution in [0.5, 0.6) is 5.75 Å². The van der Waals surface area contributed by atoms with Crippen molar-refractivity contribution in [3.63, 3.8) is 0 Å². The maximum absolute atomic E-state index is 13.8. The molecule has 1 aromatic heterocycles. The molecule has 0 radical (unpaired) electrons. The van der Waals surface area contributed by atoms with Crippen molar-refractivity contribution in [2.45, 2.75) is 37.6 Å². The van der Waals surface area contributed by atoms with Crippen LogP contribution in [0.2, 0.25) is 10.0 Å². The second-order valence-electron chi connectivity index (χ2n) is 8.35. The van der Waals surface area contributed by atoms with Crippen LogP contribution in [0.4, 0.5) is 13.2 Å². The number of aryl methyl sites for hydroxylation is 1. The fourth-order valence-electron chi connectivity index (χ4n) is 3.99. The van der Waals surface area contributed by atoms with Gasteiger partial charge in [0.25, 0.3) is 5.89 Å². The Labute approximate surface area is 214 Å². The number of aliphatic hydroxyl groups excluding tert-OH is 1. The van der Waals surface area contributed by atoms with E-state index in [0.717, 1.165) is 11.6 Å². The molecule has 36 heavy (non-hydrogen) atoms. The summed E-state index contributed by atoms with van der Waals surface area (Å²) < 4.78 is 53.6. The summed E-state index contributed by atoms with van der Waals surface area (Å²) >= 11 is 11.9. The number of ether oxygens (including phenoxy) is 1. The molecule has 0 spiro atoms. The van der Waals surface area contributed by atoms with E-state index in [1.54, 1.807) is 18.2 Å². The van der Waals surface area contributed by atoms with Gasteiger partial charge in [-0.15, -0.1) is 0 Å². The maximum Gasteiger partial charge on any atom is 0.419 e. The van der Waals surface area contributed by atoms with Crippen LogP contribution in [0.25, 0.3) is 11.4 Å². The van der Waals surface area contributed by atoms with Crippen LogP contribution < -0.4 is 16.2 Å². The molecule has 13 heteroatoms. The Morgan fingerprint density at radius 3 is 2.64 bits per heavy atom. The van der Waals surface area contributed by atoms with E-state index in [4.69, 9.17) is 43.9 Å². The number of nitrogens with two attached hydrogens (primary N) is 2. The maximum atomic E-state index is 13.8. The van der Waals surface area contributed by atoms with Crippen molar-refractivity contribution in [2.24, 2.45) is 11.5 Å². The first-order valence-corrected chi connectivity index (χ1v) is 11.7. The summed E-state index contributed by atoms with van der Waals surface area (Å²) in [4.78, 5) is 4.22. The van der Waals surface area contributed by atoms with Gasteiger partial charge in [-0.3, -0.25) is 16.0 Å². The fraction of sp³-hybridized carbons (Fsp3) is 0.348. The normalized spacial score (nSPS) is 18.0. The Bertz CT molecular complexity index is 1280. The average molecular weight is 545 g/mol. The van der Waals surface area contributed by atoms with Gasteiger partial charge in [0.05, 0.1) is 34.9 Å². The van der Waals surface area contributed by atoms with Gasteiger partial charge >= 0.3 is 12.1 Å². The lowest BCUT2D eigenvalue weighted by molar-refractivity contribution is -0.557. The van der Waals surface area contributed by atoms with Crippen molar-refractivity contribution in [1.82, 2.24) is 10.1 Å². The number of aromatic nitrogens is 2. The van der Waals surface area contributed by atoms with Crippen molar-refractivity contribution >= 4 is 29.2 Å². The Balaban J connectivity index is 1.49. The lowest BCUT2D eigenvalue weighted by atomic mass is 10.1. The zero-order valence-corrected chi connectivity index (χ0v) is 20.3. The minimum Gasteiger partial charge on any atom is -0.493 e. The van der Waals surface area contributed by atoms with Crippen molar-refractivity contribution in [3.8, 4) is 17.1 Å². The largest absolute Gasteiger partial charge is 0.493 e. The van der Waals surface area contributed by atoms with Gasteiger partial charge in [-0.1, -0.05) is 34.4 Å². The molecule has 1 aliphatic heterocycles. The van der Waals surface area contributed by atoms with E-state index in [9.17, 15) is 18.3 Å². The molecule has 2 aromatic carbocycles. The lowest BCUT2D eigenvalue weighted by Gasteiger charge is -2.15. The molecule has 4 rings (SSSR count). The van der Waals surface area contributed by atoms with E-state index in [-0.39, 0.29) is 48.6 Å². The number of halogens is 5. The number of hydrogen-bond donors (Lipinski definition) is 3. The summed E-state index contributed by atoms with van der Waals surface area (Å²) in [6.45, 7) is 0.242. The van der Waals surface area contributed by atoms with E-state index in [1.807, 2.05) is 0 Å². The quantitative estimate of drug-likeness (QED) is 0.231. The van der Waals surface area contributed by atoms with Crippen LogP contribution >= 0.6 is 23.2 Å². The number of guanidine groups is 1. The van der Waals surface area contributed by atoms with Crippen LogP contribution in [0, 0.1) is 0 Å². The Morgan fingerprint density at radius 2 is 1.94 bits per heavy atom. The highest BCUT2D eigenvalue weighted by Gasteiger charge is 2.38. The molecule has 192 valence electrons. The highest BCUT2D eigenvalue weighted by atomic mass is 35.5. The summed E-state index contributed by atoms with van der Waals surface area (Å²) in [5.41, 5.74) is 11.3. The van der Waals surface area contributed by atoms with Crippen LogP contribution in [-0.2, 0) is 12.6 Å². The van der Waals surface area contributed by atoms with Crippen LogP contribution in [0.3, 0.4) is 0 Å². The van der Waals surface area contributed by atoms with Crippen molar-refractivity contribution < 1.29 is 32.1 Å². The third-order valence-electron chi connectivity index (χ3n) is 5.73. The molecule has 0 bridgehead atoms. The van der Waals surface area contributed by atoms with E-state index < -0.39 is 23.9 Å². The zero-order valence-electron chi connectivity index (χ0n) is 18.8. The van der Waals surface area contributed by atoms with Gasteiger partial charge in [-0.2, -0.15) is 18.2 Å². The van der Waals surface area contributed by atoms with Crippen molar-refractivity contribution in [1.29, 1.82) is 0 Å². The minimum atomic E-state index is -4.67. The third-order valence-corrected chi connectivity index (χ3v) is 6.47. The van der Waals surface area contributed by atoms with Gasteiger partial charge in [0, 0.05) is 12.0 Å². The molecule has 2 heterocycles. The first kappa shape index (κ1) is 26.1. The molecule has 1 saturated heterocycles. The fourth-order valence-corrected chi connectivity index (χ4v) is 4.31. The summed E-state index contributed by atoms with van der Waals surface area (Å²) in [6.07, 6.45) is -4.12. The van der Waals surface area contributed by atoms with Crippen molar-refractivity contribution in [3.05, 3.63) is 63.5 Å². The Hall–Kier alpha value is -3.02. The average Bonchev–Trinajstić information content (AvgIpc) is 3.45. The van der Waals surface area contributed by atoms with Crippen LogP contribution in [0.1, 0.15) is 35.9 Å². The first-order chi connectivity index (χ1) is 17.0. The highest BCUT2D eigenvalue weighted by molar-refractivity contribution is 6.42. The molecule has 3 aromatic rings. The molecule has 0 saturated carbocycles. The van der Waals surface area contributed by atoms with Gasteiger partial charge in [-0.05, 0) is 48.7 Å². The topological polar surface area (TPSA) is 123 Å². The molecule has 5 N–H and O–H groups in total. The molecule has 0 aliphatic carbocycles.